The largest absolute Gasteiger partial charge is 0.356 e. The molecule has 4 heteroatoms. The average molecular weight is 280 g/mol. The zero-order valence-electron chi connectivity index (χ0n) is 12.0. The number of aromatic amines is 1. The average Bonchev–Trinajstić information content (AvgIpc) is 2.67. The number of benzene rings is 1. The number of hydrogen-bond acceptors (Lipinski definition) is 2. The molecule has 0 bridgehead atoms. The number of rotatable bonds is 5. The lowest BCUT2D eigenvalue weighted by molar-refractivity contribution is 0.189. The molecule has 0 fully saturated rings. The quantitative estimate of drug-likeness (QED) is 0.880. The molecule has 0 aliphatic heterocycles. The number of nitrogens with zero attached hydrogens (tertiary/aromatic N) is 1. The minimum Gasteiger partial charge on any atom is -0.356 e. The van der Waals surface area contributed by atoms with Gasteiger partial charge in [-0.1, -0.05) is 29.8 Å². The van der Waals surface area contributed by atoms with Crippen molar-refractivity contribution in [1.29, 1.82) is 0 Å². The van der Waals surface area contributed by atoms with Gasteiger partial charge in [-0.25, -0.2) is 0 Å². The molecule has 1 aromatic carbocycles. The Kier molecular flexibility index (Phi) is 4.19. The Morgan fingerprint density at radius 2 is 1.95 bits per heavy atom. The van der Waals surface area contributed by atoms with E-state index in [0.717, 1.165) is 34.7 Å². The minimum absolute atomic E-state index is 0.124. The third-order valence-corrected chi connectivity index (χ3v) is 4.22. The van der Waals surface area contributed by atoms with Crippen LogP contribution in [-0.4, -0.2) is 36.1 Å². The van der Waals surface area contributed by atoms with Crippen LogP contribution in [0.4, 0.5) is 0 Å². The van der Waals surface area contributed by atoms with Crippen LogP contribution in [-0.2, 0) is 6.54 Å². The predicted molar refractivity (Wildman–Crippen MR) is 82.8 cm³/mol. The standard InChI is InChI=1S/C15H22ClN3/c1-15(2,19(3)4)10-17-9-13-14(16)11-7-5-6-8-12(11)18-13/h5-8,17-18H,9-10H2,1-4H3. The summed E-state index contributed by atoms with van der Waals surface area (Å²) in [7, 11) is 4.19. The maximum atomic E-state index is 6.39. The van der Waals surface area contributed by atoms with E-state index in [1.165, 1.54) is 0 Å². The third-order valence-electron chi connectivity index (χ3n) is 3.78. The highest BCUT2D eigenvalue weighted by atomic mass is 35.5. The molecule has 2 rings (SSSR count). The number of likely N-dealkylation sites (N-methyl/N-ethyl adjacent to an activating group) is 1. The summed E-state index contributed by atoms with van der Waals surface area (Å²) in [6.07, 6.45) is 0. The number of halogens is 1. The lowest BCUT2D eigenvalue weighted by atomic mass is 10.0. The molecule has 2 aromatic rings. The highest BCUT2D eigenvalue weighted by Gasteiger charge is 2.19. The molecule has 2 N–H and O–H groups in total. The lowest BCUT2D eigenvalue weighted by Crippen LogP contribution is -2.46. The number of aromatic nitrogens is 1. The van der Waals surface area contributed by atoms with Gasteiger partial charge in [0.15, 0.2) is 0 Å². The Bertz CT molecular complexity index is 558. The molecule has 1 aromatic heterocycles. The first-order chi connectivity index (χ1) is 8.92. The molecule has 0 saturated carbocycles. The van der Waals surface area contributed by atoms with Gasteiger partial charge in [-0.3, -0.25) is 0 Å². The SMILES string of the molecule is CN(C)C(C)(C)CNCc1[nH]c2ccccc2c1Cl. The van der Waals surface area contributed by atoms with Crippen LogP contribution >= 0.6 is 11.6 Å². The van der Waals surface area contributed by atoms with Gasteiger partial charge in [0.1, 0.15) is 0 Å². The molecule has 19 heavy (non-hydrogen) atoms. The number of fused-ring (bicyclic) bond motifs is 1. The Labute approximate surface area is 119 Å². The van der Waals surface area contributed by atoms with Gasteiger partial charge in [0, 0.05) is 35.2 Å². The number of H-pyrrole nitrogens is 1. The zero-order chi connectivity index (χ0) is 14.0. The number of para-hydroxylation sites is 1. The summed E-state index contributed by atoms with van der Waals surface area (Å²) >= 11 is 6.39. The summed E-state index contributed by atoms with van der Waals surface area (Å²) in [6, 6.07) is 8.12. The van der Waals surface area contributed by atoms with Crippen molar-refractivity contribution in [2.45, 2.75) is 25.9 Å². The van der Waals surface area contributed by atoms with E-state index in [-0.39, 0.29) is 5.54 Å². The van der Waals surface area contributed by atoms with Crippen molar-refractivity contribution in [3.8, 4) is 0 Å². The van der Waals surface area contributed by atoms with E-state index >= 15 is 0 Å². The van der Waals surface area contributed by atoms with E-state index in [0.29, 0.717) is 0 Å². The first-order valence-corrected chi connectivity index (χ1v) is 6.93. The molecule has 0 amide bonds. The van der Waals surface area contributed by atoms with Crippen molar-refractivity contribution in [2.24, 2.45) is 0 Å². The van der Waals surface area contributed by atoms with Crippen LogP contribution in [0.15, 0.2) is 24.3 Å². The van der Waals surface area contributed by atoms with E-state index < -0.39 is 0 Å². The Morgan fingerprint density at radius 3 is 2.58 bits per heavy atom. The molecule has 1 heterocycles. The van der Waals surface area contributed by atoms with E-state index in [9.17, 15) is 0 Å². The predicted octanol–water partition coefficient (Wildman–Crippen LogP) is 3.25. The molecule has 0 aliphatic carbocycles. The van der Waals surface area contributed by atoms with Gasteiger partial charge in [0.05, 0.1) is 5.02 Å². The third kappa shape index (κ3) is 3.11. The highest BCUT2D eigenvalue weighted by Crippen LogP contribution is 2.27. The van der Waals surface area contributed by atoms with Crippen molar-refractivity contribution in [3.63, 3.8) is 0 Å². The van der Waals surface area contributed by atoms with E-state index in [4.69, 9.17) is 11.6 Å². The fraction of sp³-hybridized carbons (Fsp3) is 0.467. The van der Waals surface area contributed by atoms with Crippen molar-refractivity contribution in [1.82, 2.24) is 15.2 Å². The molecule has 0 saturated heterocycles. The topological polar surface area (TPSA) is 31.1 Å². The van der Waals surface area contributed by atoms with E-state index in [2.05, 4.69) is 49.2 Å². The van der Waals surface area contributed by atoms with E-state index in [1.54, 1.807) is 0 Å². The first-order valence-electron chi connectivity index (χ1n) is 6.55. The lowest BCUT2D eigenvalue weighted by Gasteiger charge is -2.32. The normalized spacial score (nSPS) is 12.5. The van der Waals surface area contributed by atoms with E-state index in [1.807, 2.05) is 18.2 Å². The Hall–Kier alpha value is -1.03. The van der Waals surface area contributed by atoms with Gasteiger partial charge in [0.25, 0.3) is 0 Å². The second-order valence-corrected chi connectivity index (χ2v) is 6.15. The highest BCUT2D eigenvalue weighted by molar-refractivity contribution is 6.36. The molecule has 0 unspecified atom stereocenters. The van der Waals surface area contributed by atoms with Gasteiger partial charge < -0.3 is 15.2 Å². The monoisotopic (exact) mass is 279 g/mol. The Morgan fingerprint density at radius 1 is 1.26 bits per heavy atom. The molecule has 0 aliphatic rings. The maximum Gasteiger partial charge on any atom is 0.0705 e. The van der Waals surface area contributed by atoms with Gasteiger partial charge in [-0.2, -0.15) is 0 Å². The van der Waals surface area contributed by atoms with Crippen LogP contribution in [0, 0.1) is 0 Å². The van der Waals surface area contributed by atoms with Crippen molar-refractivity contribution in [3.05, 3.63) is 35.0 Å². The maximum absolute atomic E-state index is 6.39. The smallest absolute Gasteiger partial charge is 0.0705 e. The molecular formula is C15H22ClN3. The summed E-state index contributed by atoms with van der Waals surface area (Å²) in [5.74, 6) is 0. The second kappa shape index (κ2) is 5.53. The number of nitrogens with one attached hydrogen (secondary N) is 2. The molecule has 0 spiro atoms. The molecular weight excluding hydrogens is 258 g/mol. The Balaban J connectivity index is 2.04. The van der Waals surface area contributed by atoms with Gasteiger partial charge in [0.2, 0.25) is 0 Å². The van der Waals surface area contributed by atoms with Crippen molar-refractivity contribution >= 4 is 22.5 Å². The fourth-order valence-corrected chi connectivity index (χ4v) is 2.22. The van der Waals surface area contributed by atoms with Crippen LogP contribution in [0.2, 0.25) is 5.02 Å². The summed E-state index contributed by atoms with van der Waals surface area (Å²) < 4.78 is 0. The summed E-state index contributed by atoms with van der Waals surface area (Å²) in [4.78, 5) is 5.59. The second-order valence-electron chi connectivity index (χ2n) is 5.77. The van der Waals surface area contributed by atoms with Gasteiger partial charge >= 0.3 is 0 Å². The van der Waals surface area contributed by atoms with Crippen LogP contribution in [0.3, 0.4) is 0 Å². The summed E-state index contributed by atoms with van der Waals surface area (Å²) in [5.41, 5.74) is 2.27. The van der Waals surface area contributed by atoms with Crippen molar-refractivity contribution in [2.75, 3.05) is 20.6 Å². The number of hydrogen-bond donors (Lipinski definition) is 2. The van der Waals surface area contributed by atoms with Gasteiger partial charge in [-0.05, 0) is 34.0 Å². The van der Waals surface area contributed by atoms with Crippen LogP contribution in [0.5, 0.6) is 0 Å². The summed E-state index contributed by atoms with van der Waals surface area (Å²) in [6.45, 7) is 6.09. The van der Waals surface area contributed by atoms with Crippen molar-refractivity contribution < 1.29 is 0 Å². The van der Waals surface area contributed by atoms with Crippen LogP contribution in [0.25, 0.3) is 10.9 Å². The molecule has 0 radical (unpaired) electrons. The minimum atomic E-state index is 0.124. The van der Waals surface area contributed by atoms with Gasteiger partial charge in [-0.15, -0.1) is 0 Å². The molecule has 104 valence electrons. The summed E-state index contributed by atoms with van der Waals surface area (Å²) in [5, 5.41) is 5.38. The molecule has 0 atom stereocenters. The fourth-order valence-electron chi connectivity index (χ4n) is 1.94. The van der Waals surface area contributed by atoms with Crippen LogP contribution < -0.4 is 5.32 Å². The van der Waals surface area contributed by atoms with Crippen LogP contribution in [0.1, 0.15) is 19.5 Å². The molecule has 3 nitrogen and oxygen atoms in total. The first kappa shape index (κ1) is 14.4. The zero-order valence-corrected chi connectivity index (χ0v) is 12.8.